The fraction of sp³-hybridized carbons (Fsp3) is 1.00. The van der Waals surface area contributed by atoms with E-state index in [1.165, 1.54) is 0 Å². The highest BCUT2D eigenvalue weighted by Gasteiger charge is 2.21. The normalized spacial score (nSPS) is 24.7. The van der Waals surface area contributed by atoms with Gasteiger partial charge in [0.1, 0.15) is 0 Å². The number of rotatable bonds is 5. The maximum Gasteiger partial charge on any atom is 0.224 e. The van der Waals surface area contributed by atoms with Crippen molar-refractivity contribution in [3.05, 3.63) is 0 Å². The van der Waals surface area contributed by atoms with Gasteiger partial charge in [-0.1, -0.05) is 0 Å². The molecule has 2 rings (SSSR count). The van der Waals surface area contributed by atoms with Crippen LogP contribution in [0.5, 0.6) is 0 Å². The highest BCUT2D eigenvalue weighted by atomic mass is 32.2. The molecule has 6 nitrogen and oxygen atoms in total. The van der Waals surface area contributed by atoms with Crippen molar-refractivity contribution in [2.45, 2.75) is 19.3 Å². The van der Waals surface area contributed by atoms with Crippen molar-refractivity contribution in [1.29, 1.82) is 0 Å². The molecule has 2 aliphatic heterocycles. The van der Waals surface area contributed by atoms with Crippen molar-refractivity contribution in [2.75, 3.05) is 52.1 Å². The van der Waals surface area contributed by atoms with E-state index in [9.17, 15) is 8.42 Å². The Kier molecular flexibility index (Phi) is 5.58. The van der Waals surface area contributed by atoms with E-state index in [0.29, 0.717) is 5.92 Å². The van der Waals surface area contributed by atoms with E-state index in [1.54, 1.807) is 0 Å². The van der Waals surface area contributed by atoms with Crippen molar-refractivity contribution in [3.63, 3.8) is 0 Å². The van der Waals surface area contributed by atoms with E-state index >= 15 is 0 Å². The second-order valence-electron chi connectivity index (χ2n) is 5.68. The van der Waals surface area contributed by atoms with Crippen LogP contribution in [0, 0.1) is 5.92 Å². The van der Waals surface area contributed by atoms with Gasteiger partial charge in [0.25, 0.3) is 0 Å². The fourth-order valence-electron chi connectivity index (χ4n) is 2.63. The summed E-state index contributed by atoms with van der Waals surface area (Å²) in [5.41, 5.74) is 0. The molecular weight excluding hydrogens is 264 g/mol. The molecular formula is C12H26N4O2S. The molecule has 2 aliphatic rings. The summed E-state index contributed by atoms with van der Waals surface area (Å²) in [4.78, 5) is 4.93. The third-order valence-electron chi connectivity index (χ3n) is 4.03. The highest BCUT2D eigenvalue weighted by Crippen LogP contribution is 2.16. The molecule has 19 heavy (non-hydrogen) atoms. The van der Waals surface area contributed by atoms with E-state index in [0.717, 1.165) is 58.5 Å². The highest BCUT2D eigenvalue weighted by molar-refractivity contribution is 7.89. The zero-order valence-corrected chi connectivity index (χ0v) is 12.6. The average Bonchev–Trinajstić information content (AvgIpc) is 2.40. The van der Waals surface area contributed by atoms with Crippen molar-refractivity contribution in [2.24, 2.45) is 5.92 Å². The van der Waals surface area contributed by atoms with Gasteiger partial charge in [-0.2, -0.15) is 0 Å². The van der Waals surface area contributed by atoms with Gasteiger partial charge < -0.3 is 10.2 Å². The number of piperazine rings is 1. The Labute approximate surface area is 116 Å². The van der Waals surface area contributed by atoms with Gasteiger partial charge in [-0.3, -0.25) is 0 Å². The molecule has 0 aromatic rings. The Morgan fingerprint density at radius 3 is 2.42 bits per heavy atom. The van der Waals surface area contributed by atoms with Crippen LogP contribution in [0.15, 0.2) is 0 Å². The first kappa shape index (κ1) is 15.2. The Bertz CT molecular complexity index is 360. The van der Waals surface area contributed by atoms with Crippen molar-refractivity contribution in [3.8, 4) is 0 Å². The minimum Gasteiger partial charge on any atom is -0.317 e. The first-order chi connectivity index (χ1) is 9.05. The lowest BCUT2D eigenvalue weighted by Gasteiger charge is -2.32. The number of nitrogens with one attached hydrogen (secondary N) is 2. The van der Waals surface area contributed by atoms with Gasteiger partial charge in [0.2, 0.25) is 10.0 Å². The molecule has 0 saturated carbocycles. The van der Waals surface area contributed by atoms with Crippen LogP contribution in [0.3, 0.4) is 0 Å². The number of likely N-dealkylation sites (N-methyl/N-ethyl adjacent to an activating group) is 1. The summed E-state index contributed by atoms with van der Waals surface area (Å²) in [6, 6.07) is 0. The molecule has 2 heterocycles. The smallest absolute Gasteiger partial charge is 0.224 e. The predicted molar refractivity (Wildman–Crippen MR) is 76.2 cm³/mol. The molecule has 2 N–H and O–H groups in total. The third kappa shape index (κ3) is 5.35. The maximum absolute atomic E-state index is 12.0. The van der Waals surface area contributed by atoms with E-state index < -0.39 is 10.0 Å². The van der Waals surface area contributed by atoms with Crippen LogP contribution >= 0.6 is 0 Å². The summed E-state index contributed by atoms with van der Waals surface area (Å²) >= 11 is 0. The first-order valence-electron chi connectivity index (χ1n) is 7.19. The molecule has 0 aliphatic carbocycles. The maximum atomic E-state index is 12.0. The van der Waals surface area contributed by atoms with Gasteiger partial charge >= 0.3 is 0 Å². The fourth-order valence-corrected chi connectivity index (χ4v) is 3.94. The monoisotopic (exact) mass is 290 g/mol. The minimum absolute atomic E-state index is 0.254. The molecule has 0 bridgehead atoms. The van der Waals surface area contributed by atoms with Crippen LogP contribution < -0.4 is 10.1 Å². The predicted octanol–water partition coefficient (Wildman–Crippen LogP) is -0.542. The summed E-state index contributed by atoms with van der Waals surface area (Å²) in [7, 11) is -1.10. The Morgan fingerprint density at radius 1 is 1.16 bits per heavy atom. The van der Waals surface area contributed by atoms with E-state index in [1.807, 2.05) is 5.01 Å². The molecule has 7 heteroatoms. The topological polar surface area (TPSA) is 64.7 Å². The second-order valence-corrected chi connectivity index (χ2v) is 7.50. The summed E-state index contributed by atoms with van der Waals surface area (Å²) < 4.78 is 24.1. The van der Waals surface area contributed by atoms with Crippen molar-refractivity contribution >= 4 is 10.0 Å². The van der Waals surface area contributed by atoms with Crippen LogP contribution in [0.25, 0.3) is 0 Å². The van der Waals surface area contributed by atoms with Crippen molar-refractivity contribution in [1.82, 2.24) is 20.1 Å². The van der Waals surface area contributed by atoms with E-state index in [2.05, 4.69) is 22.1 Å². The number of piperidine rings is 1. The van der Waals surface area contributed by atoms with Gasteiger partial charge in [-0.15, -0.1) is 4.83 Å². The zero-order valence-electron chi connectivity index (χ0n) is 11.8. The number of hydrogen-bond acceptors (Lipinski definition) is 5. The molecule has 0 spiro atoms. The van der Waals surface area contributed by atoms with Crippen LogP contribution in [-0.4, -0.2) is 70.4 Å². The van der Waals surface area contributed by atoms with Gasteiger partial charge in [0.15, 0.2) is 0 Å². The van der Waals surface area contributed by atoms with Gasteiger partial charge in [-0.25, -0.2) is 13.4 Å². The minimum atomic E-state index is -3.16. The lowest BCUT2D eigenvalue weighted by atomic mass is 9.96. The summed E-state index contributed by atoms with van der Waals surface area (Å²) in [6.07, 6.45) is 2.98. The Hall–Kier alpha value is -0.210. The standard InChI is InChI=1S/C12H26N4O2S/c1-15-7-9-16(10-8-15)14-19(17,18)11-4-12-2-5-13-6-3-12/h12-14H,2-11H2,1H3. The van der Waals surface area contributed by atoms with Crippen LogP contribution in [0.2, 0.25) is 0 Å². The molecule has 0 atom stereocenters. The molecule has 2 fully saturated rings. The molecule has 2 saturated heterocycles. The lowest BCUT2D eigenvalue weighted by molar-refractivity contribution is 0.134. The second kappa shape index (κ2) is 6.99. The van der Waals surface area contributed by atoms with Crippen LogP contribution in [0.4, 0.5) is 0 Å². The zero-order chi connectivity index (χ0) is 13.7. The molecule has 0 radical (unpaired) electrons. The number of hydrogen-bond donors (Lipinski definition) is 2. The van der Waals surface area contributed by atoms with E-state index in [-0.39, 0.29) is 5.75 Å². The summed E-state index contributed by atoms with van der Waals surface area (Å²) in [6.45, 7) is 5.41. The van der Waals surface area contributed by atoms with Crippen LogP contribution in [0.1, 0.15) is 19.3 Å². The largest absolute Gasteiger partial charge is 0.317 e. The Morgan fingerprint density at radius 2 is 1.79 bits per heavy atom. The number of hydrazine groups is 1. The summed E-state index contributed by atoms with van der Waals surface area (Å²) in [5, 5.41) is 5.13. The lowest BCUT2D eigenvalue weighted by Crippen LogP contribution is -2.53. The SMILES string of the molecule is CN1CCN(NS(=O)(=O)CCC2CCNCC2)CC1. The van der Waals surface area contributed by atoms with Crippen LogP contribution in [-0.2, 0) is 10.0 Å². The molecule has 0 unspecified atom stereocenters. The molecule has 0 aromatic heterocycles. The molecule has 0 amide bonds. The quantitative estimate of drug-likeness (QED) is 0.712. The Balaban J connectivity index is 1.72. The van der Waals surface area contributed by atoms with E-state index in [4.69, 9.17) is 0 Å². The first-order valence-corrected chi connectivity index (χ1v) is 8.85. The molecule has 112 valence electrons. The van der Waals surface area contributed by atoms with Gasteiger partial charge in [0.05, 0.1) is 5.75 Å². The summed E-state index contributed by atoms with van der Waals surface area (Å²) in [5.74, 6) is 0.814. The average molecular weight is 290 g/mol. The number of nitrogens with zero attached hydrogens (tertiary/aromatic N) is 2. The number of sulfonamides is 1. The van der Waals surface area contributed by atoms with Gasteiger partial charge in [-0.05, 0) is 45.3 Å². The third-order valence-corrected chi connectivity index (χ3v) is 5.33. The molecule has 0 aromatic carbocycles. The van der Waals surface area contributed by atoms with Gasteiger partial charge in [0, 0.05) is 26.2 Å². The van der Waals surface area contributed by atoms with Crippen molar-refractivity contribution < 1.29 is 8.42 Å².